The molecule has 2 aromatic carbocycles. The maximum absolute atomic E-state index is 12.4. The molecule has 3 rings (SSSR count). The fourth-order valence-electron chi connectivity index (χ4n) is 2.15. The first kappa shape index (κ1) is 15.6. The summed E-state index contributed by atoms with van der Waals surface area (Å²) in [5.74, 6) is 1.12. The summed E-state index contributed by atoms with van der Waals surface area (Å²) in [7, 11) is 0. The molecule has 0 spiro atoms. The van der Waals surface area contributed by atoms with Gasteiger partial charge in [0.1, 0.15) is 13.2 Å². The Labute approximate surface area is 146 Å². The van der Waals surface area contributed by atoms with E-state index in [0.717, 1.165) is 8.47 Å². The number of rotatable bonds is 3. The van der Waals surface area contributed by atoms with Crippen LogP contribution in [0.4, 0.5) is 16.2 Å². The Morgan fingerprint density at radius 2 is 1.87 bits per heavy atom. The normalized spacial score (nSPS) is 12.4. The van der Waals surface area contributed by atoms with Crippen molar-refractivity contribution in [2.75, 3.05) is 23.4 Å². The number of anilines is 2. The average Bonchev–Trinajstić information content (AvgIpc) is 2.57. The SMILES string of the molecule is O=CN(C(=O)Nc1ccccc1I)c1ccc2c(c1)OCCO2. The summed E-state index contributed by atoms with van der Waals surface area (Å²) >= 11 is 2.11. The minimum absolute atomic E-state index is 0.410. The van der Waals surface area contributed by atoms with Gasteiger partial charge < -0.3 is 14.8 Å². The van der Waals surface area contributed by atoms with Gasteiger partial charge in [0.25, 0.3) is 0 Å². The third kappa shape index (κ3) is 3.39. The first-order chi connectivity index (χ1) is 11.2. The molecule has 1 N–H and O–H groups in total. The molecule has 0 saturated heterocycles. The number of nitrogens with zero attached hydrogens (tertiary/aromatic N) is 1. The van der Waals surface area contributed by atoms with E-state index >= 15 is 0 Å². The summed E-state index contributed by atoms with van der Waals surface area (Å²) in [5.41, 5.74) is 1.05. The average molecular weight is 424 g/mol. The molecular weight excluding hydrogens is 411 g/mol. The number of hydrogen-bond acceptors (Lipinski definition) is 4. The number of fused-ring (bicyclic) bond motifs is 1. The minimum atomic E-state index is -0.541. The van der Waals surface area contributed by atoms with E-state index in [9.17, 15) is 9.59 Å². The quantitative estimate of drug-likeness (QED) is 0.607. The van der Waals surface area contributed by atoms with Gasteiger partial charge in [-0.05, 0) is 46.9 Å². The van der Waals surface area contributed by atoms with Gasteiger partial charge in [-0.3, -0.25) is 4.79 Å². The van der Waals surface area contributed by atoms with Gasteiger partial charge in [-0.1, -0.05) is 12.1 Å². The highest BCUT2D eigenvalue weighted by Crippen LogP contribution is 2.34. The molecule has 1 aliphatic heterocycles. The number of ether oxygens (including phenoxy) is 2. The number of para-hydroxylation sites is 1. The second kappa shape index (κ2) is 6.86. The van der Waals surface area contributed by atoms with E-state index < -0.39 is 6.03 Å². The second-order valence-corrected chi connectivity index (χ2v) is 5.88. The third-order valence-electron chi connectivity index (χ3n) is 3.24. The lowest BCUT2D eigenvalue weighted by Gasteiger charge is -2.22. The summed E-state index contributed by atoms with van der Waals surface area (Å²) in [6.07, 6.45) is 0.469. The van der Waals surface area contributed by atoms with E-state index in [4.69, 9.17) is 9.47 Å². The van der Waals surface area contributed by atoms with Crippen molar-refractivity contribution in [3.8, 4) is 11.5 Å². The van der Waals surface area contributed by atoms with Crippen molar-refractivity contribution in [2.24, 2.45) is 0 Å². The van der Waals surface area contributed by atoms with E-state index in [2.05, 4.69) is 27.9 Å². The van der Waals surface area contributed by atoms with Gasteiger partial charge in [0.05, 0.1) is 11.4 Å². The van der Waals surface area contributed by atoms with E-state index in [0.29, 0.717) is 42.5 Å². The molecule has 6 nitrogen and oxygen atoms in total. The monoisotopic (exact) mass is 424 g/mol. The molecule has 0 radical (unpaired) electrons. The third-order valence-corrected chi connectivity index (χ3v) is 4.18. The number of amides is 3. The Morgan fingerprint density at radius 3 is 2.61 bits per heavy atom. The van der Waals surface area contributed by atoms with E-state index in [-0.39, 0.29) is 0 Å². The van der Waals surface area contributed by atoms with Crippen LogP contribution in [0.5, 0.6) is 11.5 Å². The lowest BCUT2D eigenvalue weighted by Crippen LogP contribution is -2.34. The first-order valence-electron chi connectivity index (χ1n) is 6.89. The molecular formula is C16H13IN2O4. The number of halogens is 1. The first-order valence-corrected chi connectivity index (χ1v) is 7.96. The van der Waals surface area contributed by atoms with Crippen molar-refractivity contribution in [1.82, 2.24) is 0 Å². The predicted octanol–water partition coefficient (Wildman–Crippen LogP) is 3.26. The summed E-state index contributed by atoms with van der Waals surface area (Å²) in [5, 5.41) is 2.72. The lowest BCUT2D eigenvalue weighted by atomic mass is 10.2. The Morgan fingerprint density at radius 1 is 1.13 bits per heavy atom. The highest BCUT2D eigenvalue weighted by Gasteiger charge is 2.19. The summed E-state index contributed by atoms with van der Waals surface area (Å²) in [6.45, 7) is 0.919. The zero-order valence-electron chi connectivity index (χ0n) is 12.0. The minimum Gasteiger partial charge on any atom is -0.486 e. The summed E-state index contributed by atoms with van der Waals surface area (Å²) < 4.78 is 11.8. The van der Waals surface area contributed by atoms with Gasteiger partial charge in [0.15, 0.2) is 11.5 Å². The Kier molecular flexibility index (Phi) is 4.65. The van der Waals surface area contributed by atoms with Crippen LogP contribution in [0.3, 0.4) is 0 Å². The standard InChI is InChI=1S/C16H13IN2O4/c17-12-3-1-2-4-13(12)18-16(21)19(10-20)11-5-6-14-15(9-11)23-8-7-22-14/h1-6,9-10H,7-8H2,(H,18,21). The number of hydrogen-bond donors (Lipinski definition) is 1. The zero-order chi connectivity index (χ0) is 16.2. The van der Waals surface area contributed by atoms with Crippen molar-refractivity contribution in [3.05, 3.63) is 46.0 Å². The van der Waals surface area contributed by atoms with Crippen LogP contribution >= 0.6 is 22.6 Å². The van der Waals surface area contributed by atoms with E-state index in [1.54, 1.807) is 24.3 Å². The van der Waals surface area contributed by atoms with E-state index in [1.165, 1.54) is 0 Å². The predicted molar refractivity (Wildman–Crippen MR) is 94.2 cm³/mol. The maximum atomic E-state index is 12.4. The van der Waals surface area contributed by atoms with Crippen LogP contribution in [0.15, 0.2) is 42.5 Å². The van der Waals surface area contributed by atoms with Gasteiger partial charge >= 0.3 is 6.03 Å². The maximum Gasteiger partial charge on any atom is 0.333 e. The van der Waals surface area contributed by atoms with Gasteiger partial charge in [0, 0.05) is 9.64 Å². The highest BCUT2D eigenvalue weighted by atomic mass is 127. The Balaban J connectivity index is 1.83. The second-order valence-electron chi connectivity index (χ2n) is 4.71. The smallest absolute Gasteiger partial charge is 0.333 e. The van der Waals surface area contributed by atoms with Crippen LogP contribution in [-0.4, -0.2) is 25.7 Å². The molecule has 0 unspecified atom stereocenters. The van der Waals surface area contributed by atoms with Gasteiger partial charge in [-0.2, -0.15) is 0 Å². The zero-order valence-corrected chi connectivity index (χ0v) is 14.1. The fourth-order valence-corrected chi connectivity index (χ4v) is 2.67. The van der Waals surface area contributed by atoms with Crippen molar-refractivity contribution in [2.45, 2.75) is 0 Å². The molecule has 0 aliphatic carbocycles. The van der Waals surface area contributed by atoms with Crippen LogP contribution in [-0.2, 0) is 4.79 Å². The molecule has 1 aliphatic rings. The molecule has 0 bridgehead atoms. The summed E-state index contributed by atoms with van der Waals surface area (Å²) in [4.78, 5) is 24.7. The van der Waals surface area contributed by atoms with Crippen LogP contribution < -0.4 is 19.7 Å². The number of nitrogens with one attached hydrogen (secondary N) is 1. The number of carbonyl (C=O) groups excluding carboxylic acids is 2. The number of urea groups is 1. The van der Waals surface area contributed by atoms with Crippen molar-refractivity contribution >= 4 is 46.4 Å². The molecule has 23 heavy (non-hydrogen) atoms. The molecule has 0 fully saturated rings. The van der Waals surface area contributed by atoms with Gasteiger partial charge in [0.2, 0.25) is 6.41 Å². The van der Waals surface area contributed by atoms with Crippen molar-refractivity contribution in [1.29, 1.82) is 0 Å². The fraction of sp³-hybridized carbons (Fsp3) is 0.125. The van der Waals surface area contributed by atoms with Crippen molar-refractivity contribution < 1.29 is 19.1 Å². The topological polar surface area (TPSA) is 67.9 Å². The van der Waals surface area contributed by atoms with Crippen LogP contribution in [0, 0.1) is 3.57 Å². The summed E-state index contributed by atoms with van der Waals surface area (Å²) in [6, 6.07) is 11.7. The molecule has 7 heteroatoms. The lowest BCUT2D eigenvalue weighted by molar-refractivity contribution is -0.106. The van der Waals surface area contributed by atoms with Crippen LogP contribution in [0.1, 0.15) is 0 Å². The number of carbonyl (C=O) groups is 2. The Bertz CT molecular complexity index is 751. The van der Waals surface area contributed by atoms with Crippen LogP contribution in [0.25, 0.3) is 0 Å². The van der Waals surface area contributed by atoms with Gasteiger partial charge in [-0.15, -0.1) is 0 Å². The highest BCUT2D eigenvalue weighted by molar-refractivity contribution is 14.1. The molecule has 0 atom stereocenters. The molecule has 0 saturated carbocycles. The molecule has 2 aromatic rings. The molecule has 1 heterocycles. The van der Waals surface area contributed by atoms with Crippen molar-refractivity contribution in [3.63, 3.8) is 0 Å². The largest absolute Gasteiger partial charge is 0.486 e. The molecule has 0 aromatic heterocycles. The molecule has 3 amide bonds. The van der Waals surface area contributed by atoms with Gasteiger partial charge in [-0.25, -0.2) is 9.69 Å². The number of benzene rings is 2. The number of imide groups is 1. The Hall–Kier alpha value is -2.29. The molecule has 118 valence electrons. The van der Waals surface area contributed by atoms with Crippen LogP contribution in [0.2, 0.25) is 0 Å². The van der Waals surface area contributed by atoms with E-state index in [1.807, 2.05) is 18.2 Å².